The third-order valence-corrected chi connectivity index (χ3v) is 4.99. The number of amides is 1. The molecule has 5 nitrogen and oxygen atoms in total. The van der Waals surface area contributed by atoms with Gasteiger partial charge in [0.25, 0.3) is 5.91 Å². The van der Waals surface area contributed by atoms with Crippen molar-refractivity contribution in [2.45, 2.75) is 13.2 Å². The number of rotatable bonds is 7. The zero-order valence-corrected chi connectivity index (χ0v) is 17.2. The Kier molecular flexibility index (Phi) is 6.29. The molecule has 0 aliphatic rings. The fourth-order valence-corrected chi connectivity index (χ4v) is 3.16. The van der Waals surface area contributed by atoms with Crippen LogP contribution in [-0.4, -0.2) is 15.7 Å². The second-order valence-electron chi connectivity index (χ2n) is 6.91. The van der Waals surface area contributed by atoms with E-state index in [9.17, 15) is 9.18 Å². The van der Waals surface area contributed by atoms with Gasteiger partial charge in [-0.05, 0) is 53.6 Å². The average molecular weight is 436 g/mol. The first-order chi connectivity index (χ1) is 15.1. The first-order valence-electron chi connectivity index (χ1n) is 9.61. The molecule has 0 unspecified atom stereocenters. The molecule has 0 fully saturated rings. The molecule has 31 heavy (non-hydrogen) atoms. The summed E-state index contributed by atoms with van der Waals surface area (Å²) in [5.41, 5.74) is 2.96. The standard InChI is InChI=1S/C24H19ClFN3O2/c25-23-4-2-1-3-19(23)14-29-15-21(13-27-29)28-24(30)18-7-5-17(6-8-18)16-31-22-11-9-20(26)10-12-22/h1-13,15H,14,16H2,(H,28,30). The summed E-state index contributed by atoms with van der Waals surface area (Å²) in [5.74, 6) is 0.0393. The topological polar surface area (TPSA) is 56.2 Å². The van der Waals surface area contributed by atoms with Crippen LogP contribution in [0.4, 0.5) is 10.1 Å². The molecular weight excluding hydrogens is 417 g/mol. The van der Waals surface area contributed by atoms with Crippen molar-refractivity contribution in [3.8, 4) is 5.75 Å². The van der Waals surface area contributed by atoms with Gasteiger partial charge in [0.05, 0.1) is 18.4 Å². The van der Waals surface area contributed by atoms with Crippen LogP contribution in [0.15, 0.2) is 85.2 Å². The molecule has 0 aliphatic carbocycles. The van der Waals surface area contributed by atoms with Crippen LogP contribution in [0.2, 0.25) is 5.02 Å². The Balaban J connectivity index is 1.33. The van der Waals surface area contributed by atoms with Crippen molar-refractivity contribution < 1.29 is 13.9 Å². The maximum Gasteiger partial charge on any atom is 0.255 e. The SMILES string of the molecule is O=C(Nc1cnn(Cc2ccccc2Cl)c1)c1ccc(COc2ccc(F)cc2)cc1. The quantitative estimate of drug-likeness (QED) is 0.413. The van der Waals surface area contributed by atoms with Crippen molar-refractivity contribution in [1.82, 2.24) is 9.78 Å². The molecule has 0 bridgehead atoms. The molecule has 4 aromatic rings. The van der Waals surface area contributed by atoms with Gasteiger partial charge >= 0.3 is 0 Å². The third-order valence-electron chi connectivity index (χ3n) is 4.62. The third kappa shape index (κ3) is 5.49. The van der Waals surface area contributed by atoms with Crippen LogP contribution < -0.4 is 10.1 Å². The Hall–Kier alpha value is -3.64. The number of nitrogens with zero attached hydrogens (tertiary/aromatic N) is 2. The number of carbonyl (C=O) groups is 1. The Morgan fingerprint density at radius 2 is 1.77 bits per heavy atom. The number of aromatic nitrogens is 2. The highest BCUT2D eigenvalue weighted by Crippen LogP contribution is 2.18. The Labute approximate surface area is 184 Å². The lowest BCUT2D eigenvalue weighted by Crippen LogP contribution is -2.11. The van der Waals surface area contributed by atoms with Gasteiger partial charge in [-0.1, -0.05) is 41.9 Å². The van der Waals surface area contributed by atoms with Crippen molar-refractivity contribution >= 4 is 23.2 Å². The van der Waals surface area contributed by atoms with Gasteiger partial charge in [-0.25, -0.2) is 4.39 Å². The minimum absolute atomic E-state index is 0.233. The summed E-state index contributed by atoms with van der Waals surface area (Å²) in [6.07, 6.45) is 3.35. The van der Waals surface area contributed by atoms with E-state index in [0.717, 1.165) is 11.1 Å². The number of halogens is 2. The summed E-state index contributed by atoms with van der Waals surface area (Å²) in [6.45, 7) is 0.834. The first kappa shape index (κ1) is 20.6. The summed E-state index contributed by atoms with van der Waals surface area (Å²) in [4.78, 5) is 12.5. The number of anilines is 1. The van der Waals surface area contributed by atoms with Gasteiger partial charge in [-0.2, -0.15) is 5.10 Å². The number of hydrogen-bond acceptors (Lipinski definition) is 3. The van der Waals surface area contributed by atoms with Crippen molar-refractivity contribution in [3.63, 3.8) is 0 Å². The maximum atomic E-state index is 12.9. The van der Waals surface area contributed by atoms with E-state index in [4.69, 9.17) is 16.3 Å². The van der Waals surface area contributed by atoms with Gasteiger partial charge in [0.2, 0.25) is 0 Å². The first-order valence-corrected chi connectivity index (χ1v) is 9.99. The van der Waals surface area contributed by atoms with E-state index in [1.807, 2.05) is 36.4 Å². The van der Waals surface area contributed by atoms with Crippen LogP contribution in [0.25, 0.3) is 0 Å². The number of ether oxygens (including phenoxy) is 1. The van der Waals surface area contributed by atoms with Crippen molar-refractivity contribution in [1.29, 1.82) is 0 Å². The number of hydrogen-bond donors (Lipinski definition) is 1. The Bertz CT molecular complexity index is 1170. The second-order valence-corrected chi connectivity index (χ2v) is 7.32. The molecule has 156 valence electrons. The van der Waals surface area contributed by atoms with Crippen LogP contribution in [0.1, 0.15) is 21.5 Å². The molecule has 0 spiro atoms. The molecule has 7 heteroatoms. The van der Waals surface area contributed by atoms with E-state index in [-0.39, 0.29) is 11.7 Å². The predicted octanol–water partition coefficient (Wildman–Crippen LogP) is 5.56. The monoisotopic (exact) mass is 435 g/mol. The fraction of sp³-hybridized carbons (Fsp3) is 0.0833. The molecule has 1 N–H and O–H groups in total. The molecule has 3 aromatic carbocycles. The van der Waals surface area contributed by atoms with Crippen molar-refractivity contribution in [2.75, 3.05) is 5.32 Å². The van der Waals surface area contributed by atoms with Crippen molar-refractivity contribution in [2.24, 2.45) is 0 Å². The summed E-state index contributed by atoms with van der Waals surface area (Å²) in [6, 6.07) is 20.5. The van der Waals surface area contributed by atoms with E-state index in [2.05, 4.69) is 10.4 Å². The minimum Gasteiger partial charge on any atom is -0.489 e. The highest BCUT2D eigenvalue weighted by atomic mass is 35.5. The summed E-state index contributed by atoms with van der Waals surface area (Å²) < 4.78 is 20.3. The number of carbonyl (C=O) groups excluding carboxylic acids is 1. The maximum absolute atomic E-state index is 12.9. The lowest BCUT2D eigenvalue weighted by atomic mass is 10.1. The van der Waals surface area contributed by atoms with Crippen LogP contribution in [-0.2, 0) is 13.2 Å². The van der Waals surface area contributed by atoms with Gasteiger partial charge in [0.15, 0.2) is 0 Å². The molecule has 0 atom stereocenters. The molecule has 0 radical (unpaired) electrons. The molecule has 1 heterocycles. The van der Waals surface area contributed by atoms with E-state index in [0.29, 0.717) is 35.2 Å². The number of benzene rings is 3. The normalized spacial score (nSPS) is 10.6. The zero-order valence-electron chi connectivity index (χ0n) is 16.5. The average Bonchev–Trinajstić information content (AvgIpc) is 3.22. The van der Waals surface area contributed by atoms with E-state index < -0.39 is 0 Å². The van der Waals surface area contributed by atoms with Gasteiger partial charge in [-0.15, -0.1) is 0 Å². The summed E-state index contributed by atoms with van der Waals surface area (Å²) >= 11 is 6.19. The predicted molar refractivity (Wildman–Crippen MR) is 118 cm³/mol. The van der Waals surface area contributed by atoms with Gasteiger partial charge in [0.1, 0.15) is 18.2 Å². The van der Waals surface area contributed by atoms with Crippen LogP contribution >= 0.6 is 11.6 Å². The zero-order chi connectivity index (χ0) is 21.6. The van der Waals surface area contributed by atoms with Gasteiger partial charge in [-0.3, -0.25) is 9.48 Å². The van der Waals surface area contributed by atoms with E-state index in [1.165, 1.54) is 12.1 Å². The molecule has 4 rings (SSSR count). The Morgan fingerprint density at radius 1 is 1.03 bits per heavy atom. The lowest BCUT2D eigenvalue weighted by molar-refractivity contribution is 0.102. The van der Waals surface area contributed by atoms with E-state index >= 15 is 0 Å². The van der Waals surface area contributed by atoms with Crippen LogP contribution in [0.3, 0.4) is 0 Å². The van der Waals surface area contributed by atoms with E-state index in [1.54, 1.807) is 41.3 Å². The second kappa shape index (κ2) is 9.45. The highest BCUT2D eigenvalue weighted by Gasteiger charge is 2.09. The molecule has 0 aliphatic heterocycles. The lowest BCUT2D eigenvalue weighted by Gasteiger charge is -2.07. The molecular formula is C24H19ClFN3O2. The number of nitrogens with one attached hydrogen (secondary N) is 1. The molecule has 0 saturated heterocycles. The minimum atomic E-state index is -0.308. The largest absolute Gasteiger partial charge is 0.489 e. The summed E-state index contributed by atoms with van der Waals surface area (Å²) in [7, 11) is 0. The van der Waals surface area contributed by atoms with Crippen LogP contribution in [0, 0.1) is 5.82 Å². The smallest absolute Gasteiger partial charge is 0.255 e. The van der Waals surface area contributed by atoms with Gasteiger partial charge < -0.3 is 10.1 Å². The molecule has 1 aromatic heterocycles. The van der Waals surface area contributed by atoms with Gasteiger partial charge in [0, 0.05) is 16.8 Å². The van der Waals surface area contributed by atoms with Crippen molar-refractivity contribution in [3.05, 3.63) is 113 Å². The molecule has 0 saturated carbocycles. The fourth-order valence-electron chi connectivity index (χ4n) is 2.97. The summed E-state index contributed by atoms with van der Waals surface area (Å²) in [5, 5.41) is 7.79. The molecule has 1 amide bonds. The highest BCUT2D eigenvalue weighted by molar-refractivity contribution is 6.31. The van der Waals surface area contributed by atoms with Crippen LogP contribution in [0.5, 0.6) is 5.75 Å². The Morgan fingerprint density at radius 3 is 2.52 bits per heavy atom.